The van der Waals surface area contributed by atoms with Crippen molar-refractivity contribution in [1.29, 1.82) is 0 Å². The van der Waals surface area contributed by atoms with Gasteiger partial charge < -0.3 is 4.90 Å². The third-order valence-corrected chi connectivity index (χ3v) is 4.87. The fourth-order valence-corrected chi connectivity index (χ4v) is 3.76. The quantitative estimate of drug-likeness (QED) is 0.741. The standard InChI is InChI=1S/C11H12BrCl2NO3S/c1-3-15(4-2)11(16)8-5-7(12)6-9(10(8)13)19(14,17)18/h5-6H,3-4H2,1-2H3. The first-order valence-electron chi connectivity index (χ1n) is 5.45. The van der Waals surface area contributed by atoms with Crippen molar-refractivity contribution in [3.63, 3.8) is 0 Å². The molecule has 0 heterocycles. The molecule has 0 atom stereocenters. The van der Waals surface area contributed by atoms with Gasteiger partial charge in [-0.2, -0.15) is 0 Å². The van der Waals surface area contributed by atoms with Gasteiger partial charge in [-0.15, -0.1) is 0 Å². The molecule has 0 aliphatic rings. The van der Waals surface area contributed by atoms with Crippen LogP contribution in [0.1, 0.15) is 24.2 Å². The molecule has 106 valence electrons. The maximum Gasteiger partial charge on any atom is 0.262 e. The molecule has 8 heteroatoms. The Kier molecular flexibility index (Phi) is 5.67. The highest BCUT2D eigenvalue weighted by Crippen LogP contribution is 2.32. The smallest absolute Gasteiger partial charge is 0.262 e. The van der Waals surface area contributed by atoms with Crippen molar-refractivity contribution in [2.75, 3.05) is 13.1 Å². The highest BCUT2D eigenvalue weighted by Gasteiger charge is 2.24. The number of hydrogen-bond acceptors (Lipinski definition) is 3. The normalized spacial score (nSPS) is 11.4. The van der Waals surface area contributed by atoms with Gasteiger partial charge in [0.25, 0.3) is 15.0 Å². The van der Waals surface area contributed by atoms with Crippen LogP contribution in [0.3, 0.4) is 0 Å². The number of carbonyl (C=O) groups excluding carboxylic acids is 1. The molecule has 0 fully saturated rings. The summed E-state index contributed by atoms with van der Waals surface area (Å²) in [7, 11) is 1.29. The van der Waals surface area contributed by atoms with Crippen LogP contribution in [0, 0.1) is 0 Å². The van der Waals surface area contributed by atoms with Gasteiger partial charge in [-0.25, -0.2) is 8.42 Å². The van der Waals surface area contributed by atoms with E-state index in [9.17, 15) is 13.2 Å². The van der Waals surface area contributed by atoms with Crippen molar-refractivity contribution < 1.29 is 13.2 Å². The summed E-state index contributed by atoms with van der Waals surface area (Å²) in [4.78, 5) is 13.5. The molecule has 19 heavy (non-hydrogen) atoms. The molecule has 1 aromatic rings. The van der Waals surface area contributed by atoms with Crippen molar-refractivity contribution in [2.24, 2.45) is 0 Å². The summed E-state index contributed by atoms with van der Waals surface area (Å²) in [5.74, 6) is -0.335. The molecule has 0 spiro atoms. The molecule has 0 bridgehead atoms. The van der Waals surface area contributed by atoms with E-state index in [0.29, 0.717) is 17.6 Å². The second-order valence-corrected chi connectivity index (χ2v) is 7.51. The Morgan fingerprint density at radius 3 is 2.26 bits per heavy atom. The van der Waals surface area contributed by atoms with Crippen LogP contribution in [0.2, 0.25) is 5.02 Å². The maximum atomic E-state index is 12.2. The van der Waals surface area contributed by atoms with Gasteiger partial charge in [-0.1, -0.05) is 27.5 Å². The van der Waals surface area contributed by atoms with E-state index < -0.39 is 9.05 Å². The number of nitrogens with zero attached hydrogens (tertiary/aromatic N) is 1. The lowest BCUT2D eigenvalue weighted by atomic mass is 10.2. The van der Waals surface area contributed by atoms with Crippen LogP contribution in [0.4, 0.5) is 0 Å². The predicted octanol–water partition coefficient (Wildman–Crippen LogP) is 3.51. The third kappa shape index (κ3) is 3.84. The zero-order chi connectivity index (χ0) is 14.8. The molecular weight excluding hydrogens is 377 g/mol. The molecule has 0 aromatic heterocycles. The van der Waals surface area contributed by atoms with E-state index in [1.165, 1.54) is 17.0 Å². The van der Waals surface area contributed by atoms with Gasteiger partial charge in [0, 0.05) is 28.2 Å². The summed E-state index contributed by atoms with van der Waals surface area (Å²) in [5.41, 5.74) is 0.110. The molecule has 0 N–H and O–H groups in total. The molecule has 0 aliphatic heterocycles. The topological polar surface area (TPSA) is 54.5 Å². The lowest BCUT2D eigenvalue weighted by Gasteiger charge is -2.20. The summed E-state index contributed by atoms with van der Waals surface area (Å²) in [6.45, 7) is 4.65. The van der Waals surface area contributed by atoms with E-state index in [0.717, 1.165) is 0 Å². The lowest BCUT2D eigenvalue weighted by molar-refractivity contribution is 0.0773. The molecule has 0 radical (unpaired) electrons. The molecule has 1 aromatic carbocycles. The van der Waals surface area contributed by atoms with E-state index in [1.807, 2.05) is 13.8 Å². The van der Waals surface area contributed by atoms with Crippen LogP contribution < -0.4 is 0 Å². The van der Waals surface area contributed by atoms with Crippen molar-refractivity contribution >= 4 is 53.2 Å². The molecule has 0 saturated carbocycles. The third-order valence-electron chi connectivity index (χ3n) is 2.55. The SMILES string of the molecule is CCN(CC)C(=O)c1cc(Br)cc(S(=O)(=O)Cl)c1Cl. The van der Waals surface area contributed by atoms with Crippen LogP contribution in [-0.2, 0) is 9.05 Å². The first-order chi connectivity index (χ1) is 8.72. The molecular formula is C11H12BrCl2NO3S. The molecule has 4 nitrogen and oxygen atoms in total. The van der Waals surface area contributed by atoms with Gasteiger partial charge in [0.1, 0.15) is 4.90 Å². The minimum atomic E-state index is -4.01. The fourth-order valence-electron chi connectivity index (χ4n) is 1.58. The van der Waals surface area contributed by atoms with Crippen molar-refractivity contribution in [1.82, 2.24) is 4.90 Å². The Bertz CT molecular complexity index is 600. The molecule has 1 amide bonds. The lowest BCUT2D eigenvalue weighted by Crippen LogP contribution is -2.30. The summed E-state index contributed by atoms with van der Waals surface area (Å²) in [5, 5.41) is -0.157. The Morgan fingerprint density at radius 1 is 1.32 bits per heavy atom. The second-order valence-electron chi connectivity index (χ2n) is 3.68. The first-order valence-corrected chi connectivity index (χ1v) is 8.93. The van der Waals surface area contributed by atoms with Gasteiger partial charge >= 0.3 is 0 Å². The van der Waals surface area contributed by atoms with E-state index in [4.69, 9.17) is 22.3 Å². The molecule has 0 unspecified atom stereocenters. The van der Waals surface area contributed by atoms with Crippen LogP contribution in [0.15, 0.2) is 21.5 Å². The van der Waals surface area contributed by atoms with E-state index in [1.54, 1.807) is 0 Å². The molecule has 0 saturated heterocycles. The van der Waals surface area contributed by atoms with E-state index in [-0.39, 0.29) is 21.4 Å². The fraction of sp³-hybridized carbons (Fsp3) is 0.364. The Hall–Kier alpha value is -0.300. The minimum Gasteiger partial charge on any atom is -0.339 e. The summed E-state index contributed by atoms with van der Waals surface area (Å²) in [6, 6.07) is 2.75. The van der Waals surface area contributed by atoms with Crippen molar-refractivity contribution in [2.45, 2.75) is 18.7 Å². The van der Waals surface area contributed by atoms with Crippen LogP contribution in [-0.4, -0.2) is 32.3 Å². The van der Waals surface area contributed by atoms with Crippen LogP contribution in [0.5, 0.6) is 0 Å². The number of rotatable bonds is 4. The Morgan fingerprint density at radius 2 is 1.84 bits per heavy atom. The van der Waals surface area contributed by atoms with Crippen LogP contribution in [0.25, 0.3) is 0 Å². The van der Waals surface area contributed by atoms with Crippen molar-refractivity contribution in [3.8, 4) is 0 Å². The predicted molar refractivity (Wildman–Crippen MR) is 79.4 cm³/mol. The van der Waals surface area contributed by atoms with Gasteiger partial charge in [-0.3, -0.25) is 4.79 Å². The highest BCUT2D eigenvalue weighted by molar-refractivity contribution is 9.10. The second kappa shape index (κ2) is 6.43. The monoisotopic (exact) mass is 387 g/mol. The first kappa shape index (κ1) is 16.8. The number of halogens is 3. The maximum absolute atomic E-state index is 12.2. The van der Waals surface area contributed by atoms with E-state index >= 15 is 0 Å². The van der Waals surface area contributed by atoms with E-state index in [2.05, 4.69) is 15.9 Å². The average Bonchev–Trinajstić information content (AvgIpc) is 2.31. The zero-order valence-corrected chi connectivity index (χ0v) is 14.2. The summed E-state index contributed by atoms with van der Waals surface area (Å²) < 4.78 is 23.3. The summed E-state index contributed by atoms with van der Waals surface area (Å²) in [6.07, 6.45) is 0. The number of carbonyl (C=O) groups is 1. The largest absolute Gasteiger partial charge is 0.339 e. The van der Waals surface area contributed by atoms with Crippen molar-refractivity contribution in [3.05, 3.63) is 27.2 Å². The molecule has 0 aliphatic carbocycles. The number of hydrogen-bond donors (Lipinski definition) is 0. The van der Waals surface area contributed by atoms with Gasteiger partial charge in [-0.05, 0) is 26.0 Å². The number of amides is 1. The molecule has 1 rings (SSSR count). The Labute approximate surface area is 130 Å². The van der Waals surface area contributed by atoms with Gasteiger partial charge in [0.2, 0.25) is 0 Å². The minimum absolute atomic E-state index is 0.110. The zero-order valence-electron chi connectivity index (χ0n) is 10.3. The average molecular weight is 389 g/mol. The number of benzene rings is 1. The highest BCUT2D eigenvalue weighted by atomic mass is 79.9. The van der Waals surface area contributed by atoms with Gasteiger partial charge in [0.15, 0.2) is 0 Å². The Balaban J connectivity index is 3.46. The van der Waals surface area contributed by atoms with Crippen LogP contribution >= 0.6 is 38.2 Å². The summed E-state index contributed by atoms with van der Waals surface area (Å²) >= 11 is 9.13. The van der Waals surface area contributed by atoms with Gasteiger partial charge in [0.05, 0.1) is 10.6 Å².